The third kappa shape index (κ3) is 2.81. The van der Waals surface area contributed by atoms with Gasteiger partial charge in [-0.3, -0.25) is 9.67 Å². The topological polar surface area (TPSA) is 35.6 Å². The van der Waals surface area contributed by atoms with Crippen LogP contribution >= 0.6 is 0 Å². The van der Waals surface area contributed by atoms with Crippen LogP contribution in [0.15, 0.2) is 61.2 Å². The molecule has 3 heterocycles. The number of hydrogen-bond donors (Lipinski definition) is 0. The van der Waals surface area contributed by atoms with Crippen molar-refractivity contribution in [2.24, 2.45) is 0 Å². The molecule has 0 saturated heterocycles. The van der Waals surface area contributed by atoms with Gasteiger partial charge in [-0.05, 0) is 56.0 Å². The van der Waals surface area contributed by atoms with Crippen molar-refractivity contribution in [3.8, 4) is 0 Å². The van der Waals surface area contributed by atoms with Gasteiger partial charge in [-0.1, -0.05) is 44.6 Å². The van der Waals surface area contributed by atoms with E-state index in [2.05, 4.69) is 63.3 Å². The number of nitrogens with zero attached hydrogens (tertiary/aromatic N) is 4. The summed E-state index contributed by atoms with van der Waals surface area (Å²) in [5.74, 6) is 0. The molecule has 0 bridgehead atoms. The Kier molecular flexibility index (Phi) is 4.58. The lowest BCUT2D eigenvalue weighted by Gasteiger charge is -2.41. The zero-order chi connectivity index (χ0) is 18.9. The molecule has 5 rings (SSSR count). The van der Waals surface area contributed by atoms with Crippen LogP contribution in [0.25, 0.3) is 0 Å². The summed E-state index contributed by atoms with van der Waals surface area (Å²) < 4.78 is 4.60. The number of hydrogen-bond acceptors (Lipinski definition) is 2. The normalized spacial score (nSPS) is 21.4. The molecule has 0 atom stereocenters. The Morgan fingerprint density at radius 2 is 1.25 bits per heavy atom. The Hall–Kier alpha value is -2.36. The highest BCUT2D eigenvalue weighted by atomic mass is 15.3. The summed E-state index contributed by atoms with van der Waals surface area (Å²) >= 11 is 0. The summed E-state index contributed by atoms with van der Waals surface area (Å²) in [7, 11) is 0. The molecule has 3 aromatic heterocycles. The average molecular weight is 375 g/mol. The Labute approximate surface area is 167 Å². The first-order chi connectivity index (χ1) is 13.8. The fourth-order valence-electron chi connectivity index (χ4n) is 5.62. The molecule has 2 aliphatic rings. The summed E-state index contributed by atoms with van der Waals surface area (Å²) in [5, 5.41) is 4.67. The second-order valence-electron chi connectivity index (χ2n) is 8.63. The van der Waals surface area contributed by atoms with Crippen LogP contribution in [0.4, 0.5) is 0 Å². The summed E-state index contributed by atoms with van der Waals surface area (Å²) in [6.45, 7) is 0. The number of rotatable bonds is 4. The second-order valence-corrected chi connectivity index (χ2v) is 8.63. The first-order valence-corrected chi connectivity index (χ1v) is 11.0. The van der Waals surface area contributed by atoms with Crippen LogP contribution < -0.4 is 0 Å². The fourth-order valence-corrected chi connectivity index (χ4v) is 5.62. The molecular formula is C24H30N4. The minimum absolute atomic E-state index is 0.00225. The van der Waals surface area contributed by atoms with Crippen molar-refractivity contribution in [2.75, 3.05) is 0 Å². The summed E-state index contributed by atoms with van der Waals surface area (Å²) in [6.07, 6.45) is 20.8. The van der Waals surface area contributed by atoms with E-state index in [1.807, 2.05) is 12.3 Å². The maximum absolute atomic E-state index is 5.39. The zero-order valence-corrected chi connectivity index (χ0v) is 16.6. The van der Waals surface area contributed by atoms with Gasteiger partial charge in [-0.25, -0.2) is 0 Å². The second kappa shape index (κ2) is 7.23. The molecule has 0 spiro atoms. The molecule has 2 saturated carbocycles. The standard InChI is InChI=1S/C24H30N4/c1-3-13-23(14-4-1,27-18-7-8-19-27)21-11-9-12-22(26-21)24(15-5-2-6-16-24)28-20-10-17-25-28/h7-12,17-20H,1-6,13-16H2. The Bertz CT molecular complexity index is 811. The van der Waals surface area contributed by atoms with Gasteiger partial charge in [0.25, 0.3) is 0 Å². The monoisotopic (exact) mass is 374 g/mol. The highest BCUT2D eigenvalue weighted by Gasteiger charge is 2.41. The van der Waals surface area contributed by atoms with E-state index in [-0.39, 0.29) is 11.1 Å². The van der Waals surface area contributed by atoms with Crippen LogP contribution in [-0.2, 0) is 11.1 Å². The molecule has 0 amide bonds. The van der Waals surface area contributed by atoms with E-state index in [9.17, 15) is 0 Å². The Morgan fingerprint density at radius 3 is 1.86 bits per heavy atom. The molecule has 2 fully saturated rings. The molecule has 146 valence electrons. The van der Waals surface area contributed by atoms with E-state index in [1.54, 1.807) is 0 Å². The molecular weight excluding hydrogens is 344 g/mol. The van der Waals surface area contributed by atoms with Crippen LogP contribution in [0.5, 0.6) is 0 Å². The minimum atomic E-state index is -0.0930. The highest BCUT2D eigenvalue weighted by molar-refractivity contribution is 5.27. The molecule has 3 aromatic rings. The lowest BCUT2D eigenvalue weighted by molar-refractivity contribution is 0.210. The van der Waals surface area contributed by atoms with Crippen molar-refractivity contribution in [3.63, 3.8) is 0 Å². The molecule has 0 aromatic carbocycles. The molecule has 0 aliphatic heterocycles. The Balaban J connectivity index is 1.62. The molecule has 0 unspecified atom stereocenters. The summed E-state index contributed by atoms with van der Waals surface area (Å²) in [4.78, 5) is 5.39. The van der Waals surface area contributed by atoms with Gasteiger partial charge in [0.15, 0.2) is 0 Å². The van der Waals surface area contributed by atoms with E-state index >= 15 is 0 Å². The van der Waals surface area contributed by atoms with E-state index in [4.69, 9.17) is 4.98 Å². The SMILES string of the molecule is c1cc(C2(n3cccc3)CCCCC2)nc(C2(n3cccn3)CCCCC2)c1. The lowest BCUT2D eigenvalue weighted by atomic mass is 9.76. The zero-order valence-electron chi connectivity index (χ0n) is 16.6. The van der Waals surface area contributed by atoms with Gasteiger partial charge in [0.05, 0.1) is 16.9 Å². The van der Waals surface area contributed by atoms with Crippen molar-refractivity contribution in [3.05, 3.63) is 72.6 Å². The van der Waals surface area contributed by atoms with Crippen molar-refractivity contribution in [1.82, 2.24) is 19.3 Å². The van der Waals surface area contributed by atoms with Gasteiger partial charge in [0, 0.05) is 24.8 Å². The minimum Gasteiger partial charge on any atom is -0.343 e. The quantitative estimate of drug-likeness (QED) is 0.605. The van der Waals surface area contributed by atoms with Crippen LogP contribution in [0.1, 0.15) is 75.6 Å². The predicted molar refractivity (Wildman–Crippen MR) is 111 cm³/mol. The van der Waals surface area contributed by atoms with Crippen LogP contribution in [0.2, 0.25) is 0 Å². The third-order valence-electron chi connectivity index (χ3n) is 7.11. The molecule has 0 radical (unpaired) electrons. The Morgan fingerprint density at radius 1 is 0.643 bits per heavy atom. The molecule has 28 heavy (non-hydrogen) atoms. The van der Waals surface area contributed by atoms with Crippen molar-refractivity contribution in [2.45, 2.75) is 75.3 Å². The maximum Gasteiger partial charge on any atom is 0.104 e. The van der Waals surface area contributed by atoms with Crippen molar-refractivity contribution in [1.29, 1.82) is 0 Å². The summed E-state index contributed by atoms with van der Waals surface area (Å²) in [6, 6.07) is 13.1. The smallest absolute Gasteiger partial charge is 0.104 e. The lowest BCUT2D eigenvalue weighted by Crippen LogP contribution is -2.41. The molecule has 0 N–H and O–H groups in total. The van der Waals surface area contributed by atoms with E-state index < -0.39 is 0 Å². The average Bonchev–Trinajstić information content (AvgIpc) is 3.49. The molecule has 4 nitrogen and oxygen atoms in total. The van der Waals surface area contributed by atoms with Crippen molar-refractivity contribution >= 4 is 0 Å². The van der Waals surface area contributed by atoms with Crippen LogP contribution in [0.3, 0.4) is 0 Å². The fraction of sp³-hybridized carbons (Fsp3) is 0.500. The van der Waals surface area contributed by atoms with Crippen LogP contribution in [-0.4, -0.2) is 19.3 Å². The first-order valence-electron chi connectivity index (χ1n) is 11.0. The van der Waals surface area contributed by atoms with E-state index in [1.165, 1.54) is 62.8 Å². The van der Waals surface area contributed by atoms with Gasteiger partial charge < -0.3 is 4.57 Å². The molecule has 4 heteroatoms. The van der Waals surface area contributed by atoms with Gasteiger partial charge in [0.1, 0.15) is 5.54 Å². The number of aromatic nitrogens is 4. The highest BCUT2D eigenvalue weighted by Crippen LogP contribution is 2.43. The van der Waals surface area contributed by atoms with E-state index in [0.29, 0.717) is 0 Å². The van der Waals surface area contributed by atoms with Gasteiger partial charge in [0.2, 0.25) is 0 Å². The maximum atomic E-state index is 5.39. The van der Waals surface area contributed by atoms with Gasteiger partial charge in [-0.2, -0.15) is 5.10 Å². The van der Waals surface area contributed by atoms with Gasteiger partial charge in [-0.15, -0.1) is 0 Å². The van der Waals surface area contributed by atoms with E-state index in [0.717, 1.165) is 12.8 Å². The predicted octanol–water partition coefficient (Wildman–Crippen LogP) is 5.50. The number of pyridine rings is 1. The van der Waals surface area contributed by atoms with Crippen molar-refractivity contribution < 1.29 is 0 Å². The largest absolute Gasteiger partial charge is 0.343 e. The van der Waals surface area contributed by atoms with Crippen LogP contribution in [0, 0.1) is 0 Å². The summed E-state index contributed by atoms with van der Waals surface area (Å²) in [5.41, 5.74) is 2.34. The first kappa shape index (κ1) is 17.7. The molecule has 2 aliphatic carbocycles. The third-order valence-corrected chi connectivity index (χ3v) is 7.11. The van der Waals surface area contributed by atoms with Gasteiger partial charge >= 0.3 is 0 Å².